The van der Waals surface area contributed by atoms with E-state index >= 15 is 0 Å². The Bertz CT molecular complexity index is 693. The number of aryl methyl sites for hydroxylation is 1. The number of thiophene rings is 1. The Balaban J connectivity index is 1.87. The van der Waals surface area contributed by atoms with Crippen molar-refractivity contribution in [1.82, 2.24) is 14.9 Å². The van der Waals surface area contributed by atoms with E-state index in [9.17, 15) is 19.5 Å². The lowest BCUT2D eigenvalue weighted by Crippen LogP contribution is -2.42. The monoisotopic (exact) mass is 335 g/mol. The van der Waals surface area contributed by atoms with Crippen LogP contribution in [0.1, 0.15) is 28.3 Å². The molecule has 0 radical (unpaired) electrons. The Morgan fingerprint density at radius 1 is 1.39 bits per heavy atom. The lowest BCUT2D eigenvalue weighted by molar-refractivity contribution is -0.141. The summed E-state index contributed by atoms with van der Waals surface area (Å²) < 4.78 is 1.70. The van der Waals surface area contributed by atoms with Gasteiger partial charge in [0.05, 0.1) is 4.88 Å². The van der Waals surface area contributed by atoms with Crippen molar-refractivity contribution in [3.8, 4) is 0 Å². The Morgan fingerprint density at radius 2 is 2.17 bits per heavy atom. The number of carboxylic acids is 1. The zero-order valence-corrected chi connectivity index (χ0v) is 13.4. The topological polar surface area (TPSA) is 101 Å². The second kappa shape index (κ2) is 7.68. The van der Waals surface area contributed by atoms with Crippen LogP contribution in [0.5, 0.6) is 0 Å². The molecular formula is C15H17N3O4S. The van der Waals surface area contributed by atoms with Crippen molar-refractivity contribution in [2.45, 2.75) is 25.3 Å². The van der Waals surface area contributed by atoms with Crippen LogP contribution in [-0.2, 0) is 23.1 Å². The summed E-state index contributed by atoms with van der Waals surface area (Å²) in [4.78, 5) is 39.7. The fraction of sp³-hybridized carbons (Fsp3) is 0.333. The van der Waals surface area contributed by atoms with E-state index in [4.69, 9.17) is 0 Å². The van der Waals surface area contributed by atoms with Crippen LogP contribution in [0.4, 0.5) is 0 Å². The predicted octanol–water partition coefficient (Wildman–Crippen LogP) is 1.26. The summed E-state index contributed by atoms with van der Waals surface area (Å²) in [6.45, 7) is 0. The number of ketones is 1. The lowest BCUT2D eigenvalue weighted by atomic mass is 10.1. The quantitative estimate of drug-likeness (QED) is 0.707. The zero-order chi connectivity index (χ0) is 16.8. The number of carbonyl (C=O) groups is 3. The Labute approximate surface area is 137 Å². The third-order valence-electron chi connectivity index (χ3n) is 3.32. The highest BCUT2D eigenvalue weighted by molar-refractivity contribution is 7.12. The molecule has 2 N–H and O–H groups in total. The van der Waals surface area contributed by atoms with Crippen LogP contribution < -0.4 is 5.32 Å². The number of hydrogen-bond acceptors (Lipinski definition) is 5. The number of nitrogens with zero attached hydrogens (tertiary/aromatic N) is 2. The first-order valence-electron chi connectivity index (χ1n) is 7.02. The summed E-state index contributed by atoms with van der Waals surface area (Å²) in [7, 11) is 1.75. The molecule has 8 heteroatoms. The van der Waals surface area contributed by atoms with Gasteiger partial charge in [-0.15, -0.1) is 11.3 Å². The number of nitrogens with one attached hydrogen (secondary N) is 1. The van der Waals surface area contributed by atoms with Crippen molar-refractivity contribution >= 4 is 29.0 Å². The molecular weight excluding hydrogens is 318 g/mol. The molecule has 0 aliphatic heterocycles. The molecule has 0 aromatic carbocycles. The lowest BCUT2D eigenvalue weighted by Gasteiger charge is -2.14. The van der Waals surface area contributed by atoms with Crippen molar-refractivity contribution in [3.63, 3.8) is 0 Å². The van der Waals surface area contributed by atoms with E-state index in [-0.39, 0.29) is 25.0 Å². The average molecular weight is 335 g/mol. The van der Waals surface area contributed by atoms with Crippen LogP contribution in [0, 0.1) is 0 Å². The fourth-order valence-electron chi connectivity index (χ4n) is 2.03. The molecule has 7 nitrogen and oxygen atoms in total. The molecule has 122 valence electrons. The molecule has 1 unspecified atom stereocenters. The van der Waals surface area contributed by atoms with E-state index in [2.05, 4.69) is 10.3 Å². The van der Waals surface area contributed by atoms with Crippen LogP contribution >= 0.6 is 11.3 Å². The van der Waals surface area contributed by atoms with Crippen LogP contribution in [-0.4, -0.2) is 38.4 Å². The maximum atomic E-state index is 11.9. The van der Waals surface area contributed by atoms with Gasteiger partial charge in [-0.3, -0.25) is 9.59 Å². The van der Waals surface area contributed by atoms with Crippen molar-refractivity contribution in [3.05, 3.63) is 40.6 Å². The minimum Gasteiger partial charge on any atom is -0.480 e. The van der Waals surface area contributed by atoms with Gasteiger partial charge in [-0.1, -0.05) is 6.07 Å². The maximum absolute atomic E-state index is 11.9. The summed E-state index contributed by atoms with van der Waals surface area (Å²) in [5.74, 6) is -1.15. The first-order valence-corrected chi connectivity index (χ1v) is 7.90. The molecule has 0 spiro atoms. The Morgan fingerprint density at radius 3 is 2.74 bits per heavy atom. The third kappa shape index (κ3) is 4.75. The van der Waals surface area contributed by atoms with Gasteiger partial charge < -0.3 is 15.0 Å². The number of imidazole rings is 1. The van der Waals surface area contributed by atoms with Crippen molar-refractivity contribution in [1.29, 1.82) is 0 Å². The number of aliphatic carboxylic acids is 1. The molecule has 0 fully saturated rings. The van der Waals surface area contributed by atoms with Crippen molar-refractivity contribution < 1.29 is 19.5 Å². The standard InChI is InChI=1S/C15H17N3O4S/c1-18-7-6-16-13(18)9-10(15(21)22)17-14(20)5-4-11(19)12-3-2-8-23-12/h2-3,6-8,10H,4-5,9H2,1H3,(H,17,20)(H,21,22). The fourth-order valence-corrected chi connectivity index (χ4v) is 2.72. The van der Waals surface area contributed by atoms with Gasteiger partial charge >= 0.3 is 5.97 Å². The Hall–Kier alpha value is -2.48. The summed E-state index contributed by atoms with van der Waals surface area (Å²) in [6.07, 6.45) is 3.37. The van der Waals surface area contributed by atoms with Gasteiger partial charge in [0.15, 0.2) is 5.78 Å². The summed E-state index contributed by atoms with van der Waals surface area (Å²) in [5, 5.41) is 13.5. The minimum absolute atomic E-state index is 0.0406. The van der Waals surface area contributed by atoms with Gasteiger partial charge in [-0.2, -0.15) is 0 Å². The van der Waals surface area contributed by atoms with E-state index in [1.54, 1.807) is 41.5 Å². The molecule has 0 saturated heterocycles. The van der Waals surface area contributed by atoms with Gasteiger partial charge in [0.25, 0.3) is 0 Å². The molecule has 2 heterocycles. The predicted molar refractivity (Wildman–Crippen MR) is 84.4 cm³/mol. The number of amides is 1. The molecule has 2 aromatic rings. The molecule has 0 saturated carbocycles. The Kier molecular flexibility index (Phi) is 5.64. The molecule has 2 aromatic heterocycles. The van der Waals surface area contributed by atoms with Crippen LogP contribution in [0.15, 0.2) is 29.9 Å². The zero-order valence-electron chi connectivity index (χ0n) is 12.6. The highest BCUT2D eigenvalue weighted by Crippen LogP contribution is 2.12. The first-order chi connectivity index (χ1) is 11.0. The van der Waals surface area contributed by atoms with Crippen molar-refractivity contribution in [2.75, 3.05) is 0 Å². The van der Waals surface area contributed by atoms with Gasteiger partial charge in [0.2, 0.25) is 5.91 Å². The van der Waals surface area contributed by atoms with Gasteiger partial charge in [0, 0.05) is 38.7 Å². The molecule has 0 aliphatic carbocycles. The smallest absolute Gasteiger partial charge is 0.326 e. The molecule has 1 amide bonds. The number of carbonyl (C=O) groups excluding carboxylic acids is 2. The molecule has 0 aliphatic rings. The van der Waals surface area contributed by atoms with Crippen LogP contribution in [0.2, 0.25) is 0 Å². The largest absolute Gasteiger partial charge is 0.480 e. The van der Waals surface area contributed by atoms with E-state index in [1.165, 1.54) is 11.3 Å². The normalized spacial score (nSPS) is 11.9. The summed E-state index contributed by atoms with van der Waals surface area (Å²) in [5.41, 5.74) is 0. The minimum atomic E-state index is -1.13. The highest BCUT2D eigenvalue weighted by Gasteiger charge is 2.22. The van der Waals surface area contributed by atoms with Gasteiger partial charge in [-0.05, 0) is 11.4 Å². The number of rotatable bonds is 8. The summed E-state index contributed by atoms with van der Waals surface area (Å²) >= 11 is 1.32. The van der Waals surface area contributed by atoms with E-state index in [0.717, 1.165) is 0 Å². The van der Waals surface area contributed by atoms with E-state index in [1.807, 2.05) is 0 Å². The molecule has 2 rings (SSSR count). The van der Waals surface area contributed by atoms with E-state index < -0.39 is 17.9 Å². The highest BCUT2D eigenvalue weighted by atomic mass is 32.1. The average Bonchev–Trinajstić information content (AvgIpc) is 3.16. The maximum Gasteiger partial charge on any atom is 0.326 e. The molecule has 1 atom stereocenters. The summed E-state index contributed by atoms with van der Waals surface area (Å²) in [6, 6.07) is 2.40. The number of aromatic nitrogens is 2. The molecule has 23 heavy (non-hydrogen) atoms. The number of carboxylic acid groups (broad SMARTS) is 1. The van der Waals surface area contributed by atoms with E-state index in [0.29, 0.717) is 10.7 Å². The molecule has 0 bridgehead atoms. The van der Waals surface area contributed by atoms with Crippen molar-refractivity contribution in [2.24, 2.45) is 7.05 Å². The second-order valence-corrected chi connectivity index (χ2v) is 5.97. The SMILES string of the molecule is Cn1ccnc1CC(NC(=O)CCC(=O)c1cccs1)C(=O)O. The van der Waals surface area contributed by atoms with Crippen LogP contribution in [0.3, 0.4) is 0 Å². The van der Waals surface area contributed by atoms with Gasteiger partial charge in [-0.25, -0.2) is 9.78 Å². The number of Topliss-reactive ketones (excluding diaryl/α,β-unsaturated/α-hetero) is 1. The second-order valence-electron chi connectivity index (χ2n) is 5.02. The van der Waals surface area contributed by atoms with Crippen LogP contribution in [0.25, 0.3) is 0 Å². The third-order valence-corrected chi connectivity index (χ3v) is 4.23. The number of hydrogen-bond donors (Lipinski definition) is 2. The first kappa shape index (κ1) is 16.9. The van der Waals surface area contributed by atoms with Gasteiger partial charge in [0.1, 0.15) is 11.9 Å².